The molecule has 0 aliphatic carbocycles. The summed E-state index contributed by atoms with van der Waals surface area (Å²) >= 11 is 0. The molecule has 0 saturated carbocycles. The molecule has 0 fully saturated rings. The van der Waals surface area contributed by atoms with Gasteiger partial charge in [-0.15, -0.1) is 0 Å². The Kier molecular flexibility index (Phi) is 5.26. The van der Waals surface area contributed by atoms with Crippen molar-refractivity contribution in [3.05, 3.63) is 47.9 Å². The number of hydrogen-bond donors (Lipinski definition) is 2. The lowest BCUT2D eigenvalue weighted by atomic mass is 10.1. The highest BCUT2D eigenvalue weighted by atomic mass is 16.5. The molecular formula is C16H20N2O3. The van der Waals surface area contributed by atoms with E-state index in [9.17, 15) is 4.79 Å². The molecule has 0 atom stereocenters. The highest BCUT2D eigenvalue weighted by Gasteiger charge is 2.09. The van der Waals surface area contributed by atoms with Crippen molar-refractivity contribution in [3.8, 4) is 5.75 Å². The van der Waals surface area contributed by atoms with Crippen molar-refractivity contribution in [2.24, 2.45) is 0 Å². The van der Waals surface area contributed by atoms with Gasteiger partial charge < -0.3 is 20.2 Å². The number of rotatable bonds is 7. The summed E-state index contributed by atoms with van der Waals surface area (Å²) < 4.78 is 10.8. The third-order valence-corrected chi connectivity index (χ3v) is 3.03. The van der Waals surface area contributed by atoms with Crippen LogP contribution < -0.4 is 15.8 Å². The molecule has 21 heavy (non-hydrogen) atoms. The van der Waals surface area contributed by atoms with E-state index in [2.05, 4.69) is 12.2 Å². The van der Waals surface area contributed by atoms with Crippen LogP contribution in [0.1, 0.15) is 35.9 Å². The molecule has 0 unspecified atom stereocenters. The maximum atomic E-state index is 12.1. The van der Waals surface area contributed by atoms with Crippen molar-refractivity contribution in [2.45, 2.75) is 26.3 Å². The Morgan fingerprint density at radius 3 is 2.95 bits per heavy atom. The molecule has 2 aromatic rings. The number of furan rings is 1. The average Bonchev–Trinajstić information content (AvgIpc) is 3.00. The van der Waals surface area contributed by atoms with Crippen LogP contribution in [-0.4, -0.2) is 12.5 Å². The predicted octanol–water partition coefficient (Wildman–Crippen LogP) is 2.97. The fraction of sp³-hybridized carbons (Fsp3) is 0.312. The van der Waals surface area contributed by atoms with Crippen LogP contribution in [0.15, 0.2) is 41.0 Å². The number of amides is 1. The van der Waals surface area contributed by atoms with E-state index in [1.165, 1.54) is 0 Å². The quantitative estimate of drug-likeness (QED) is 0.606. The zero-order chi connectivity index (χ0) is 15.1. The predicted molar refractivity (Wildman–Crippen MR) is 81.1 cm³/mol. The second-order valence-corrected chi connectivity index (χ2v) is 4.72. The number of carbonyl (C=O) groups is 1. The van der Waals surface area contributed by atoms with Crippen LogP contribution in [0.3, 0.4) is 0 Å². The molecule has 0 aliphatic heterocycles. The van der Waals surface area contributed by atoms with Crippen LogP contribution in [0.2, 0.25) is 0 Å². The van der Waals surface area contributed by atoms with Crippen LogP contribution >= 0.6 is 0 Å². The second-order valence-electron chi connectivity index (χ2n) is 4.72. The Morgan fingerprint density at radius 1 is 1.38 bits per heavy atom. The van der Waals surface area contributed by atoms with E-state index in [1.54, 1.807) is 30.5 Å². The first-order chi connectivity index (χ1) is 10.2. The number of unbranched alkanes of at least 4 members (excludes halogenated alkanes) is 1. The zero-order valence-electron chi connectivity index (χ0n) is 12.1. The Balaban J connectivity index is 1.98. The van der Waals surface area contributed by atoms with Gasteiger partial charge in [-0.1, -0.05) is 13.3 Å². The summed E-state index contributed by atoms with van der Waals surface area (Å²) in [6.07, 6.45) is 3.57. The first-order valence-electron chi connectivity index (χ1n) is 7.03. The molecule has 0 bridgehead atoms. The minimum Gasteiger partial charge on any atom is -0.491 e. The average molecular weight is 288 g/mol. The van der Waals surface area contributed by atoms with E-state index in [0.717, 1.165) is 12.8 Å². The minimum atomic E-state index is -0.188. The van der Waals surface area contributed by atoms with E-state index in [0.29, 0.717) is 35.9 Å². The van der Waals surface area contributed by atoms with E-state index >= 15 is 0 Å². The highest BCUT2D eigenvalue weighted by molar-refractivity contribution is 5.95. The Bertz CT molecular complexity index is 579. The van der Waals surface area contributed by atoms with Gasteiger partial charge in [0.05, 0.1) is 25.1 Å². The number of ether oxygens (including phenoxy) is 1. The molecule has 1 aromatic heterocycles. The third-order valence-electron chi connectivity index (χ3n) is 3.03. The highest BCUT2D eigenvalue weighted by Crippen LogP contribution is 2.23. The lowest BCUT2D eigenvalue weighted by Gasteiger charge is -2.10. The van der Waals surface area contributed by atoms with Crippen molar-refractivity contribution in [3.63, 3.8) is 0 Å². The molecule has 112 valence electrons. The van der Waals surface area contributed by atoms with Crippen LogP contribution in [0.25, 0.3) is 0 Å². The smallest absolute Gasteiger partial charge is 0.251 e. The topological polar surface area (TPSA) is 77.5 Å². The lowest BCUT2D eigenvalue weighted by molar-refractivity contribution is 0.0947. The number of hydrogen-bond acceptors (Lipinski definition) is 4. The summed E-state index contributed by atoms with van der Waals surface area (Å²) in [5.41, 5.74) is 6.90. The van der Waals surface area contributed by atoms with Gasteiger partial charge in [0.1, 0.15) is 11.5 Å². The molecule has 0 aliphatic rings. The standard InChI is InChI=1S/C16H20N2O3/c1-2-3-8-21-15-10-12(6-7-14(15)17)16(19)18-11-13-5-4-9-20-13/h4-7,9-10H,2-3,8,11,17H2,1H3,(H,18,19). The number of nitrogens with one attached hydrogen (secondary N) is 1. The molecule has 5 heteroatoms. The lowest BCUT2D eigenvalue weighted by Crippen LogP contribution is -2.22. The van der Waals surface area contributed by atoms with Gasteiger partial charge in [-0.3, -0.25) is 4.79 Å². The van der Waals surface area contributed by atoms with Gasteiger partial charge in [0.25, 0.3) is 5.91 Å². The van der Waals surface area contributed by atoms with E-state index < -0.39 is 0 Å². The summed E-state index contributed by atoms with van der Waals surface area (Å²) in [6, 6.07) is 8.62. The van der Waals surface area contributed by atoms with E-state index in [-0.39, 0.29) is 5.91 Å². The summed E-state index contributed by atoms with van der Waals surface area (Å²) in [4.78, 5) is 12.1. The van der Waals surface area contributed by atoms with Gasteiger partial charge in [-0.2, -0.15) is 0 Å². The second kappa shape index (κ2) is 7.38. The molecule has 0 radical (unpaired) electrons. The SMILES string of the molecule is CCCCOc1cc(C(=O)NCc2ccco2)ccc1N. The van der Waals surface area contributed by atoms with Gasteiger partial charge >= 0.3 is 0 Å². The number of carbonyl (C=O) groups excluding carboxylic acids is 1. The van der Waals surface area contributed by atoms with Crippen LogP contribution in [-0.2, 0) is 6.54 Å². The Hall–Kier alpha value is -2.43. The van der Waals surface area contributed by atoms with Gasteiger partial charge in [0.2, 0.25) is 0 Å². The molecule has 3 N–H and O–H groups in total. The largest absolute Gasteiger partial charge is 0.491 e. The van der Waals surface area contributed by atoms with Crippen molar-refractivity contribution in [2.75, 3.05) is 12.3 Å². The van der Waals surface area contributed by atoms with Gasteiger partial charge in [-0.25, -0.2) is 0 Å². The normalized spacial score (nSPS) is 10.3. The zero-order valence-corrected chi connectivity index (χ0v) is 12.1. The van der Waals surface area contributed by atoms with Crippen molar-refractivity contribution < 1.29 is 13.9 Å². The molecule has 1 heterocycles. The van der Waals surface area contributed by atoms with Crippen LogP contribution in [0.5, 0.6) is 5.75 Å². The molecule has 2 rings (SSSR count). The minimum absolute atomic E-state index is 0.188. The fourth-order valence-corrected chi connectivity index (χ4v) is 1.81. The van der Waals surface area contributed by atoms with Gasteiger partial charge in [0.15, 0.2) is 0 Å². The number of anilines is 1. The van der Waals surface area contributed by atoms with Gasteiger partial charge in [-0.05, 0) is 36.8 Å². The molecule has 1 amide bonds. The maximum Gasteiger partial charge on any atom is 0.251 e. The molecule has 0 spiro atoms. The summed E-state index contributed by atoms with van der Waals surface area (Å²) in [5.74, 6) is 1.07. The summed E-state index contributed by atoms with van der Waals surface area (Å²) in [5, 5.41) is 2.79. The van der Waals surface area contributed by atoms with Crippen molar-refractivity contribution in [1.82, 2.24) is 5.32 Å². The van der Waals surface area contributed by atoms with Crippen LogP contribution in [0.4, 0.5) is 5.69 Å². The van der Waals surface area contributed by atoms with Gasteiger partial charge in [0, 0.05) is 5.56 Å². The first-order valence-corrected chi connectivity index (χ1v) is 7.03. The third kappa shape index (κ3) is 4.27. The molecule has 5 nitrogen and oxygen atoms in total. The first kappa shape index (κ1) is 15.0. The monoisotopic (exact) mass is 288 g/mol. The summed E-state index contributed by atoms with van der Waals surface area (Å²) in [7, 11) is 0. The Labute approximate surface area is 124 Å². The molecule has 0 saturated heterocycles. The number of nitrogens with two attached hydrogens (primary N) is 1. The fourth-order valence-electron chi connectivity index (χ4n) is 1.81. The molecular weight excluding hydrogens is 268 g/mol. The van der Waals surface area contributed by atoms with E-state index in [4.69, 9.17) is 14.9 Å². The number of benzene rings is 1. The van der Waals surface area contributed by atoms with Crippen molar-refractivity contribution >= 4 is 11.6 Å². The van der Waals surface area contributed by atoms with E-state index in [1.807, 2.05) is 6.07 Å². The van der Waals surface area contributed by atoms with Crippen molar-refractivity contribution in [1.29, 1.82) is 0 Å². The maximum absolute atomic E-state index is 12.1. The Morgan fingerprint density at radius 2 is 2.24 bits per heavy atom. The molecule has 1 aromatic carbocycles. The van der Waals surface area contributed by atoms with Crippen LogP contribution in [0, 0.1) is 0 Å². The summed E-state index contributed by atoms with van der Waals surface area (Å²) in [6.45, 7) is 3.03. The number of nitrogen functional groups attached to an aromatic ring is 1.